The molecule has 3 fully saturated rings. The van der Waals surface area contributed by atoms with Gasteiger partial charge in [-0.15, -0.1) is 0 Å². The maximum absolute atomic E-state index is 13.7. The lowest BCUT2D eigenvalue weighted by Crippen LogP contribution is -2.51. The number of imidazole rings is 2. The number of likely N-dealkylation sites (tertiary alicyclic amines) is 2. The number of rotatable bonds is 10. The van der Waals surface area contributed by atoms with Gasteiger partial charge in [-0.3, -0.25) is 9.59 Å². The van der Waals surface area contributed by atoms with Gasteiger partial charge in [-0.1, -0.05) is 39.8 Å². The SMILES string of the molecule is COC(=O)N[C@H](C(=O)N1CCC[C@H]1c1ncc(-c2ccc3c(c2)Oc2ccc(-c4cnc([C@@H]5CCCN5C(=O)[C@@H](NC(=O)OC)C(C)C)[nH]4)cc2C32CC2)[nH]1)C(C)C. The maximum Gasteiger partial charge on any atom is 0.407 e. The molecule has 4 aliphatic rings. The van der Waals surface area contributed by atoms with Gasteiger partial charge in [0.2, 0.25) is 11.8 Å². The van der Waals surface area contributed by atoms with Crippen LogP contribution in [0.1, 0.15) is 101 Å². The Morgan fingerprint density at radius 1 is 0.724 bits per heavy atom. The molecule has 3 aliphatic heterocycles. The second kappa shape index (κ2) is 15.5. The highest BCUT2D eigenvalue weighted by Crippen LogP contribution is 2.62. The number of amides is 4. The van der Waals surface area contributed by atoms with Gasteiger partial charge >= 0.3 is 12.2 Å². The number of alkyl carbamates (subject to hydrolysis) is 2. The fraction of sp³-hybridized carbons (Fsp3) is 0.488. The van der Waals surface area contributed by atoms with Gasteiger partial charge < -0.3 is 44.6 Å². The van der Waals surface area contributed by atoms with E-state index in [0.717, 1.165) is 89.5 Å². The average molecular weight is 793 g/mol. The molecule has 1 saturated carbocycles. The Morgan fingerprint density at radius 3 is 1.71 bits per heavy atom. The first kappa shape index (κ1) is 39.0. The van der Waals surface area contributed by atoms with Crippen LogP contribution in [0.25, 0.3) is 22.5 Å². The predicted molar refractivity (Wildman–Crippen MR) is 214 cm³/mol. The summed E-state index contributed by atoms with van der Waals surface area (Å²) in [6.07, 6.45) is 7.61. The number of fused-ring (bicyclic) bond motifs is 4. The molecule has 4 aromatic rings. The molecule has 0 bridgehead atoms. The van der Waals surface area contributed by atoms with E-state index in [2.05, 4.69) is 44.9 Å². The molecule has 306 valence electrons. The van der Waals surface area contributed by atoms with Crippen LogP contribution in [0.3, 0.4) is 0 Å². The number of hydrogen-bond acceptors (Lipinski definition) is 9. The van der Waals surface area contributed by atoms with Crippen LogP contribution in [0.5, 0.6) is 11.5 Å². The summed E-state index contributed by atoms with van der Waals surface area (Å²) >= 11 is 0. The highest BCUT2D eigenvalue weighted by molar-refractivity contribution is 5.87. The first-order valence-electron chi connectivity index (χ1n) is 20.3. The quantitative estimate of drug-likeness (QED) is 0.135. The number of carbonyl (C=O) groups is 4. The second-order valence-corrected chi connectivity index (χ2v) is 16.6. The zero-order valence-electron chi connectivity index (χ0n) is 33.9. The van der Waals surface area contributed by atoms with E-state index < -0.39 is 24.3 Å². The highest BCUT2D eigenvalue weighted by atomic mass is 16.5. The highest BCUT2D eigenvalue weighted by Gasteiger charge is 2.52. The zero-order valence-corrected chi connectivity index (χ0v) is 33.9. The Bertz CT molecular complexity index is 2220. The number of H-pyrrole nitrogens is 2. The van der Waals surface area contributed by atoms with Gasteiger partial charge in [-0.25, -0.2) is 19.6 Å². The van der Waals surface area contributed by atoms with Crippen molar-refractivity contribution in [3.05, 3.63) is 71.6 Å². The van der Waals surface area contributed by atoms with E-state index >= 15 is 0 Å². The fourth-order valence-electron chi connectivity index (χ4n) is 8.95. The number of aromatic amines is 2. The molecule has 5 heterocycles. The van der Waals surface area contributed by atoms with Crippen molar-refractivity contribution < 1.29 is 33.4 Å². The summed E-state index contributed by atoms with van der Waals surface area (Å²) in [5.41, 5.74) is 5.75. The summed E-state index contributed by atoms with van der Waals surface area (Å²) in [6, 6.07) is 10.7. The van der Waals surface area contributed by atoms with Crippen molar-refractivity contribution in [2.24, 2.45) is 11.8 Å². The molecule has 0 unspecified atom stereocenters. The number of hydrogen-bond donors (Lipinski definition) is 4. The van der Waals surface area contributed by atoms with Crippen LogP contribution in [0.2, 0.25) is 0 Å². The number of aromatic nitrogens is 4. The van der Waals surface area contributed by atoms with Crippen molar-refractivity contribution in [2.75, 3.05) is 27.3 Å². The largest absolute Gasteiger partial charge is 0.457 e. The van der Waals surface area contributed by atoms with Crippen molar-refractivity contribution in [3.63, 3.8) is 0 Å². The zero-order chi connectivity index (χ0) is 40.9. The topological polar surface area (TPSA) is 184 Å². The third-order valence-corrected chi connectivity index (χ3v) is 12.3. The molecule has 8 rings (SSSR count). The molecular formula is C43H52N8O7. The monoisotopic (exact) mass is 792 g/mol. The number of methoxy groups -OCH3 is 2. The average Bonchev–Trinajstić information content (AvgIpc) is 3.78. The summed E-state index contributed by atoms with van der Waals surface area (Å²) in [4.78, 5) is 71.5. The van der Waals surface area contributed by atoms with E-state index in [9.17, 15) is 19.2 Å². The van der Waals surface area contributed by atoms with Crippen molar-refractivity contribution in [3.8, 4) is 34.0 Å². The van der Waals surface area contributed by atoms with Gasteiger partial charge in [-0.05, 0) is 74.6 Å². The third kappa shape index (κ3) is 7.04. The Kier molecular flexibility index (Phi) is 10.4. The van der Waals surface area contributed by atoms with E-state index in [0.29, 0.717) is 18.9 Å². The Balaban J connectivity index is 0.991. The molecule has 58 heavy (non-hydrogen) atoms. The van der Waals surface area contributed by atoms with Crippen LogP contribution in [-0.4, -0.2) is 93.1 Å². The molecule has 1 spiro atoms. The molecule has 15 nitrogen and oxygen atoms in total. The van der Waals surface area contributed by atoms with Gasteiger partial charge in [0, 0.05) is 40.8 Å². The second-order valence-electron chi connectivity index (χ2n) is 16.6. The van der Waals surface area contributed by atoms with E-state index in [1.165, 1.54) is 14.2 Å². The number of nitrogens with zero attached hydrogens (tertiary/aromatic N) is 4. The van der Waals surface area contributed by atoms with Crippen LogP contribution in [0, 0.1) is 11.8 Å². The molecular weight excluding hydrogens is 741 g/mol. The lowest BCUT2D eigenvalue weighted by Gasteiger charge is -2.30. The summed E-state index contributed by atoms with van der Waals surface area (Å²) in [7, 11) is 2.58. The van der Waals surface area contributed by atoms with Crippen LogP contribution in [0.15, 0.2) is 48.8 Å². The molecule has 0 radical (unpaired) electrons. The van der Waals surface area contributed by atoms with Crippen LogP contribution >= 0.6 is 0 Å². The van der Waals surface area contributed by atoms with Crippen LogP contribution < -0.4 is 15.4 Å². The number of ether oxygens (including phenoxy) is 3. The summed E-state index contributed by atoms with van der Waals surface area (Å²) in [6.45, 7) is 8.78. The molecule has 4 amide bonds. The number of carbonyl (C=O) groups excluding carboxylic acids is 4. The fourth-order valence-corrected chi connectivity index (χ4v) is 8.95. The van der Waals surface area contributed by atoms with Gasteiger partial charge in [0.25, 0.3) is 0 Å². The molecule has 4 atom stereocenters. The van der Waals surface area contributed by atoms with E-state index in [4.69, 9.17) is 24.2 Å². The first-order valence-corrected chi connectivity index (χ1v) is 20.3. The van der Waals surface area contributed by atoms with Gasteiger partial charge in [0.05, 0.1) is 50.1 Å². The van der Waals surface area contributed by atoms with Crippen molar-refractivity contribution in [2.45, 2.75) is 95.8 Å². The lowest BCUT2D eigenvalue weighted by molar-refractivity contribution is -0.136. The molecule has 2 saturated heterocycles. The van der Waals surface area contributed by atoms with E-state index in [-0.39, 0.29) is 41.1 Å². The molecule has 15 heteroatoms. The summed E-state index contributed by atoms with van der Waals surface area (Å²) in [5, 5.41) is 5.42. The predicted octanol–water partition coefficient (Wildman–Crippen LogP) is 6.74. The minimum absolute atomic E-state index is 0.114. The Labute approximate surface area is 337 Å². The van der Waals surface area contributed by atoms with Crippen LogP contribution in [0.4, 0.5) is 9.59 Å². The third-order valence-electron chi connectivity index (χ3n) is 12.3. The minimum Gasteiger partial charge on any atom is -0.457 e. The van der Waals surface area contributed by atoms with Crippen molar-refractivity contribution >= 4 is 24.0 Å². The Hall–Kier alpha value is -5.86. The van der Waals surface area contributed by atoms with E-state index in [1.807, 2.05) is 62.0 Å². The number of benzene rings is 2. The van der Waals surface area contributed by atoms with Crippen molar-refractivity contribution in [1.29, 1.82) is 0 Å². The van der Waals surface area contributed by atoms with E-state index in [1.54, 1.807) is 0 Å². The smallest absolute Gasteiger partial charge is 0.407 e. The maximum atomic E-state index is 13.7. The summed E-state index contributed by atoms with van der Waals surface area (Å²) in [5.74, 6) is 2.55. The Morgan fingerprint density at radius 2 is 1.22 bits per heavy atom. The van der Waals surface area contributed by atoms with Gasteiger partial charge in [0.15, 0.2) is 0 Å². The summed E-state index contributed by atoms with van der Waals surface area (Å²) < 4.78 is 16.2. The van der Waals surface area contributed by atoms with Gasteiger partial charge in [0.1, 0.15) is 35.2 Å². The normalized spacial score (nSPS) is 20.0. The standard InChI is InChI=1S/C43H52N8O7/c1-23(2)35(48-41(54)56-5)39(52)50-17-7-9-31(50)37-44-21-29(46-37)25-12-14-33-28(19-25)43(15-16-43)27-13-11-26(20-34(27)58-33)30-22-45-38(47-30)32-10-8-18-51(32)40(53)36(24(3)4)49-42(55)57-6/h11-14,19-24,31-32,35-36H,7-10,15-18H2,1-6H3,(H,44,46)(H,45,47)(H,48,54)(H,49,55)/t31-,32-,35-,36-/m0/s1. The lowest BCUT2D eigenvalue weighted by atomic mass is 9.83. The minimum atomic E-state index is -0.701. The van der Waals surface area contributed by atoms with Crippen molar-refractivity contribution in [1.82, 2.24) is 40.4 Å². The van der Waals surface area contributed by atoms with Crippen LogP contribution in [-0.2, 0) is 24.5 Å². The first-order chi connectivity index (χ1) is 27.9. The molecule has 2 aromatic carbocycles. The molecule has 4 N–H and O–H groups in total. The van der Waals surface area contributed by atoms with Gasteiger partial charge in [-0.2, -0.15) is 0 Å². The molecule has 1 aliphatic carbocycles. The number of nitrogens with one attached hydrogen (secondary N) is 4. The molecule has 2 aromatic heterocycles.